The first-order valence-corrected chi connectivity index (χ1v) is 11.9. The van der Waals surface area contributed by atoms with E-state index in [0.717, 1.165) is 10.2 Å². The molecule has 0 aliphatic rings. The molecule has 0 spiro atoms. The summed E-state index contributed by atoms with van der Waals surface area (Å²) in [6, 6.07) is 7.58. The molecule has 0 radical (unpaired) electrons. The van der Waals surface area contributed by atoms with Gasteiger partial charge in [-0.2, -0.15) is 0 Å². The number of nitrogens with zero attached hydrogens (tertiary/aromatic N) is 4. The number of hydrogen-bond donors (Lipinski definition) is 0. The Morgan fingerprint density at radius 2 is 1.66 bits per heavy atom. The van der Waals surface area contributed by atoms with Gasteiger partial charge in [0, 0.05) is 30.3 Å². The van der Waals surface area contributed by atoms with E-state index in [2.05, 4.69) is 15.0 Å². The molecule has 9 nitrogen and oxygen atoms in total. The highest BCUT2D eigenvalue weighted by Crippen LogP contribution is 2.30. The minimum absolute atomic E-state index is 0.0380. The van der Waals surface area contributed by atoms with Crippen LogP contribution in [0.4, 0.5) is 0 Å². The van der Waals surface area contributed by atoms with Gasteiger partial charge in [0.15, 0.2) is 12.3 Å². The maximum absolute atomic E-state index is 13.1. The lowest BCUT2D eigenvalue weighted by Gasteiger charge is -2.08. The first kappa shape index (κ1) is 24.2. The van der Waals surface area contributed by atoms with Gasteiger partial charge in [0.05, 0.1) is 28.0 Å². The first-order chi connectivity index (χ1) is 16.9. The summed E-state index contributed by atoms with van der Waals surface area (Å²) < 4.78 is 13.3. The number of benzene rings is 1. The largest absolute Gasteiger partial charge is 0.462 e. The predicted octanol–water partition coefficient (Wildman–Crippen LogP) is 4.41. The normalized spacial score (nSPS) is 11.0. The van der Waals surface area contributed by atoms with Crippen LogP contribution >= 0.6 is 11.3 Å². The van der Waals surface area contributed by atoms with Crippen LogP contribution in [-0.2, 0) is 16.0 Å². The number of ketones is 1. The number of thiazole rings is 1. The second-order valence-electron chi connectivity index (χ2n) is 7.63. The first-order valence-electron chi connectivity index (χ1n) is 11.1. The Morgan fingerprint density at radius 3 is 2.37 bits per heavy atom. The van der Waals surface area contributed by atoms with Crippen molar-refractivity contribution in [2.24, 2.45) is 0 Å². The summed E-state index contributed by atoms with van der Waals surface area (Å²) in [6.45, 7) is 7.32. The van der Waals surface area contributed by atoms with Crippen LogP contribution in [0.2, 0.25) is 0 Å². The fourth-order valence-electron chi connectivity index (χ4n) is 4.04. The number of carbonyl (C=O) groups excluding carboxylic acids is 3. The SMILES string of the molecule is CCOC(=O)c1c(C(=O)COC(=O)c2nccnc2-c2nc3ccccc3s2)c(C)n(CC)c1C. The Hall–Kier alpha value is -3.92. The van der Waals surface area contributed by atoms with E-state index in [9.17, 15) is 14.4 Å². The molecule has 3 heterocycles. The van der Waals surface area contributed by atoms with Crippen LogP contribution in [0.25, 0.3) is 20.9 Å². The van der Waals surface area contributed by atoms with E-state index in [1.807, 2.05) is 35.8 Å². The standard InChI is InChI=1S/C25H24N4O5S/c1-5-29-14(3)19(20(15(29)4)24(31)33-6-2)17(30)13-34-25(32)22-21(26-11-12-27-22)23-28-16-9-7-8-10-18(16)35-23/h7-12H,5-6,13H2,1-4H3. The third-order valence-corrected chi connectivity index (χ3v) is 6.62. The summed E-state index contributed by atoms with van der Waals surface area (Å²) in [7, 11) is 0. The van der Waals surface area contributed by atoms with Crippen molar-refractivity contribution in [3.63, 3.8) is 0 Å². The van der Waals surface area contributed by atoms with Crippen LogP contribution in [0.5, 0.6) is 0 Å². The number of para-hydroxylation sites is 1. The van der Waals surface area contributed by atoms with Gasteiger partial charge in [0.1, 0.15) is 10.7 Å². The van der Waals surface area contributed by atoms with Gasteiger partial charge in [0.25, 0.3) is 0 Å². The summed E-state index contributed by atoms with van der Waals surface area (Å²) >= 11 is 1.38. The minimum atomic E-state index is -0.803. The lowest BCUT2D eigenvalue weighted by atomic mass is 10.1. The van der Waals surface area contributed by atoms with E-state index in [1.165, 1.54) is 23.7 Å². The van der Waals surface area contributed by atoms with Crippen LogP contribution in [0.1, 0.15) is 56.4 Å². The summed E-state index contributed by atoms with van der Waals surface area (Å²) in [5, 5.41) is 0.522. The van der Waals surface area contributed by atoms with Crippen LogP contribution in [-0.4, -0.2) is 50.5 Å². The van der Waals surface area contributed by atoms with Crippen LogP contribution < -0.4 is 0 Å². The molecule has 0 atom stereocenters. The molecule has 1 aromatic carbocycles. The van der Waals surface area contributed by atoms with Crippen molar-refractivity contribution in [1.82, 2.24) is 19.5 Å². The topological polar surface area (TPSA) is 113 Å². The van der Waals surface area contributed by atoms with Crippen LogP contribution in [0.3, 0.4) is 0 Å². The van der Waals surface area contributed by atoms with Gasteiger partial charge in [-0.3, -0.25) is 4.79 Å². The zero-order chi connectivity index (χ0) is 25.1. The van der Waals surface area contributed by atoms with E-state index >= 15 is 0 Å². The molecule has 0 amide bonds. The Bertz CT molecular complexity index is 1410. The predicted molar refractivity (Wildman–Crippen MR) is 131 cm³/mol. The molecule has 35 heavy (non-hydrogen) atoms. The van der Waals surface area contributed by atoms with Gasteiger partial charge < -0.3 is 14.0 Å². The summed E-state index contributed by atoms with van der Waals surface area (Å²) in [5.41, 5.74) is 2.66. The smallest absolute Gasteiger partial charge is 0.359 e. The van der Waals surface area contributed by atoms with Gasteiger partial charge >= 0.3 is 11.9 Å². The second-order valence-corrected chi connectivity index (χ2v) is 8.66. The number of carbonyl (C=O) groups is 3. The molecular weight excluding hydrogens is 468 g/mol. The molecule has 0 N–H and O–H groups in total. The molecule has 0 unspecified atom stereocenters. The highest BCUT2D eigenvalue weighted by molar-refractivity contribution is 7.21. The molecule has 4 aromatic rings. The number of rotatable bonds is 8. The molecule has 0 bridgehead atoms. The van der Waals surface area contributed by atoms with Gasteiger partial charge in [-0.25, -0.2) is 24.5 Å². The maximum atomic E-state index is 13.1. The average molecular weight is 493 g/mol. The number of ether oxygens (including phenoxy) is 2. The molecule has 10 heteroatoms. The number of aromatic nitrogens is 4. The average Bonchev–Trinajstić information content (AvgIpc) is 3.40. The minimum Gasteiger partial charge on any atom is -0.462 e. The van der Waals surface area contributed by atoms with E-state index in [4.69, 9.17) is 9.47 Å². The van der Waals surface area contributed by atoms with Gasteiger partial charge in [0.2, 0.25) is 5.78 Å². The number of hydrogen-bond acceptors (Lipinski definition) is 9. The Kier molecular flexibility index (Phi) is 7.02. The number of Topliss-reactive ketones (excluding diaryl/α,β-unsaturated/α-hetero) is 1. The summed E-state index contributed by atoms with van der Waals surface area (Å²) in [6.07, 6.45) is 2.84. The quantitative estimate of drug-likeness (QED) is 0.263. The molecule has 0 fully saturated rings. The Morgan fingerprint density at radius 1 is 0.943 bits per heavy atom. The lowest BCUT2D eigenvalue weighted by Crippen LogP contribution is -2.19. The fraction of sp³-hybridized carbons (Fsp3) is 0.280. The van der Waals surface area contributed by atoms with E-state index < -0.39 is 24.3 Å². The van der Waals surface area contributed by atoms with Crippen molar-refractivity contribution < 1.29 is 23.9 Å². The molecule has 0 aliphatic carbocycles. The molecule has 3 aromatic heterocycles. The lowest BCUT2D eigenvalue weighted by molar-refractivity contribution is 0.0467. The zero-order valence-electron chi connectivity index (χ0n) is 19.8. The van der Waals surface area contributed by atoms with Crippen LogP contribution in [0.15, 0.2) is 36.7 Å². The summed E-state index contributed by atoms with van der Waals surface area (Å²) in [5.74, 6) is -1.88. The fourth-order valence-corrected chi connectivity index (χ4v) is 5.00. The third-order valence-electron chi connectivity index (χ3n) is 5.58. The third kappa shape index (κ3) is 4.57. The van der Waals surface area contributed by atoms with Gasteiger partial charge in [-0.05, 0) is 39.8 Å². The van der Waals surface area contributed by atoms with Crippen molar-refractivity contribution in [1.29, 1.82) is 0 Å². The van der Waals surface area contributed by atoms with Gasteiger partial charge in [-0.15, -0.1) is 11.3 Å². The van der Waals surface area contributed by atoms with E-state index in [1.54, 1.807) is 20.8 Å². The number of esters is 2. The van der Waals surface area contributed by atoms with E-state index in [0.29, 0.717) is 22.9 Å². The molecular formula is C25H24N4O5S. The summed E-state index contributed by atoms with van der Waals surface area (Å²) in [4.78, 5) is 51.6. The maximum Gasteiger partial charge on any atom is 0.359 e. The number of fused-ring (bicyclic) bond motifs is 1. The second kappa shape index (κ2) is 10.1. The van der Waals surface area contributed by atoms with Crippen molar-refractivity contribution in [3.8, 4) is 10.7 Å². The van der Waals surface area contributed by atoms with Crippen LogP contribution in [0, 0.1) is 13.8 Å². The monoisotopic (exact) mass is 492 g/mol. The molecule has 180 valence electrons. The van der Waals surface area contributed by atoms with Crippen molar-refractivity contribution in [3.05, 3.63) is 64.9 Å². The van der Waals surface area contributed by atoms with Crippen molar-refractivity contribution in [2.75, 3.05) is 13.2 Å². The molecule has 0 saturated carbocycles. The Balaban J connectivity index is 1.60. The van der Waals surface area contributed by atoms with Crippen molar-refractivity contribution in [2.45, 2.75) is 34.2 Å². The zero-order valence-corrected chi connectivity index (χ0v) is 20.6. The van der Waals surface area contributed by atoms with Crippen molar-refractivity contribution >= 4 is 39.3 Å². The highest BCUT2D eigenvalue weighted by atomic mass is 32.1. The van der Waals surface area contributed by atoms with Gasteiger partial charge in [-0.1, -0.05) is 12.1 Å². The van der Waals surface area contributed by atoms with E-state index in [-0.39, 0.29) is 29.1 Å². The molecule has 0 saturated heterocycles. The highest BCUT2D eigenvalue weighted by Gasteiger charge is 2.29. The molecule has 4 rings (SSSR count). The molecule has 0 aliphatic heterocycles. The Labute approximate surface area is 205 Å².